The van der Waals surface area contributed by atoms with Crippen LogP contribution in [-0.2, 0) is 22.4 Å². The number of halogens is 1. The van der Waals surface area contributed by atoms with Gasteiger partial charge >= 0.3 is 0 Å². The van der Waals surface area contributed by atoms with Crippen LogP contribution in [0.1, 0.15) is 24.0 Å². The van der Waals surface area contributed by atoms with Crippen LogP contribution in [0.5, 0.6) is 0 Å². The Morgan fingerprint density at radius 1 is 1.15 bits per heavy atom. The highest BCUT2D eigenvalue weighted by Gasteiger charge is 2.57. The topological polar surface area (TPSA) is 62.3 Å². The van der Waals surface area contributed by atoms with Crippen LogP contribution < -0.4 is 5.32 Å². The molecule has 1 aromatic carbocycles. The largest absolute Gasteiger partial charge is 0.355 e. The summed E-state index contributed by atoms with van der Waals surface area (Å²) in [6, 6.07) is 10.3. The van der Waals surface area contributed by atoms with Crippen molar-refractivity contribution in [2.45, 2.75) is 25.7 Å². The van der Waals surface area contributed by atoms with Crippen molar-refractivity contribution in [3.63, 3.8) is 0 Å². The van der Waals surface area contributed by atoms with E-state index in [1.165, 1.54) is 6.07 Å². The van der Waals surface area contributed by atoms with Crippen molar-refractivity contribution in [3.8, 4) is 0 Å². The molecule has 1 N–H and O–H groups in total. The highest BCUT2D eigenvalue weighted by Crippen LogP contribution is 2.47. The molecule has 0 aliphatic heterocycles. The number of amides is 2. The fourth-order valence-corrected chi connectivity index (χ4v) is 3.16. The minimum absolute atomic E-state index is 0.139. The molecule has 0 unspecified atom stereocenters. The van der Waals surface area contributed by atoms with Crippen molar-refractivity contribution in [2.75, 3.05) is 20.1 Å². The zero-order valence-corrected chi connectivity index (χ0v) is 15.5. The van der Waals surface area contributed by atoms with Crippen LogP contribution >= 0.6 is 0 Å². The van der Waals surface area contributed by atoms with Gasteiger partial charge < -0.3 is 10.2 Å². The van der Waals surface area contributed by atoms with Gasteiger partial charge in [0.15, 0.2) is 0 Å². The van der Waals surface area contributed by atoms with E-state index in [1.54, 1.807) is 42.5 Å². The number of likely N-dealkylation sites (N-methyl/N-ethyl adjacent to an activating group) is 1. The van der Waals surface area contributed by atoms with Crippen LogP contribution in [0.15, 0.2) is 48.8 Å². The van der Waals surface area contributed by atoms with Crippen molar-refractivity contribution in [1.82, 2.24) is 15.2 Å². The Labute approximate surface area is 158 Å². The summed E-state index contributed by atoms with van der Waals surface area (Å²) >= 11 is 0. The Morgan fingerprint density at radius 3 is 2.52 bits per heavy atom. The maximum atomic E-state index is 13.6. The van der Waals surface area contributed by atoms with Gasteiger partial charge in [0, 0.05) is 32.5 Å². The first-order chi connectivity index (χ1) is 13.0. The van der Waals surface area contributed by atoms with Crippen LogP contribution in [0.2, 0.25) is 0 Å². The Bertz CT molecular complexity index is 806. The fourth-order valence-electron chi connectivity index (χ4n) is 3.16. The molecule has 3 rings (SSSR count). The van der Waals surface area contributed by atoms with E-state index < -0.39 is 5.41 Å². The van der Waals surface area contributed by atoms with Crippen molar-refractivity contribution in [1.29, 1.82) is 0 Å². The number of aromatic nitrogens is 1. The van der Waals surface area contributed by atoms with E-state index in [1.807, 2.05) is 12.1 Å². The molecule has 27 heavy (non-hydrogen) atoms. The molecule has 0 atom stereocenters. The smallest absolute Gasteiger partial charge is 0.238 e. The van der Waals surface area contributed by atoms with Gasteiger partial charge in [-0.2, -0.15) is 0 Å². The molecule has 1 fully saturated rings. The second-order valence-electron chi connectivity index (χ2n) is 7.01. The van der Waals surface area contributed by atoms with Gasteiger partial charge in [0.25, 0.3) is 0 Å². The first-order valence-electron chi connectivity index (χ1n) is 9.19. The highest BCUT2D eigenvalue weighted by atomic mass is 19.1. The lowest BCUT2D eigenvalue weighted by atomic mass is 10.0. The summed E-state index contributed by atoms with van der Waals surface area (Å²) in [4.78, 5) is 30.9. The number of nitrogens with one attached hydrogen (secondary N) is 1. The molecule has 1 heterocycles. The van der Waals surface area contributed by atoms with Gasteiger partial charge in [-0.05, 0) is 55.0 Å². The number of carbonyl (C=O) groups excluding carboxylic acids is 2. The Balaban J connectivity index is 1.50. The molecular formula is C21H24FN3O2. The fraction of sp³-hybridized carbons (Fsp3) is 0.381. The number of carbonyl (C=O) groups is 2. The number of hydrogen-bond acceptors (Lipinski definition) is 3. The summed E-state index contributed by atoms with van der Waals surface area (Å²) in [6.07, 6.45) is 5.70. The molecular weight excluding hydrogens is 345 g/mol. The van der Waals surface area contributed by atoms with Crippen molar-refractivity contribution >= 4 is 11.8 Å². The minimum atomic E-state index is -0.942. The van der Waals surface area contributed by atoms with E-state index in [-0.39, 0.29) is 17.6 Å². The molecule has 1 aliphatic carbocycles. The Hall–Kier alpha value is -2.76. The molecule has 6 heteroatoms. The third kappa shape index (κ3) is 4.51. The van der Waals surface area contributed by atoms with Gasteiger partial charge in [-0.3, -0.25) is 14.6 Å². The van der Waals surface area contributed by atoms with E-state index in [0.29, 0.717) is 37.9 Å². The molecule has 1 aromatic heterocycles. The van der Waals surface area contributed by atoms with Crippen LogP contribution in [0.25, 0.3) is 0 Å². The zero-order chi connectivity index (χ0) is 19.3. The average Bonchev–Trinajstić information content (AvgIpc) is 3.50. The first kappa shape index (κ1) is 19.0. The molecule has 2 aromatic rings. The minimum Gasteiger partial charge on any atom is -0.355 e. The summed E-state index contributed by atoms with van der Waals surface area (Å²) in [6.45, 7) is 0.864. The number of benzene rings is 1. The van der Waals surface area contributed by atoms with Crippen LogP contribution in [0.3, 0.4) is 0 Å². The first-order valence-corrected chi connectivity index (χ1v) is 9.19. The molecule has 0 radical (unpaired) electrons. The van der Waals surface area contributed by atoms with Crippen LogP contribution in [0.4, 0.5) is 4.39 Å². The van der Waals surface area contributed by atoms with Gasteiger partial charge in [0.05, 0.1) is 0 Å². The van der Waals surface area contributed by atoms with Crippen molar-refractivity contribution in [2.24, 2.45) is 5.41 Å². The molecule has 0 bridgehead atoms. The Morgan fingerprint density at radius 2 is 1.85 bits per heavy atom. The normalized spacial score (nSPS) is 14.4. The summed E-state index contributed by atoms with van der Waals surface area (Å²) in [7, 11) is 1.73. The molecule has 0 saturated heterocycles. The number of pyridine rings is 1. The number of rotatable bonds is 8. The van der Waals surface area contributed by atoms with E-state index in [2.05, 4.69) is 10.3 Å². The maximum absolute atomic E-state index is 13.6. The van der Waals surface area contributed by atoms with Crippen LogP contribution in [-0.4, -0.2) is 41.8 Å². The molecule has 0 spiro atoms. The van der Waals surface area contributed by atoms with E-state index >= 15 is 0 Å². The highest BCUT2D eigenvalue weighted by molar-refractivity contribution is 6.07. The SMILES string of the molecule is CN(CCc1ccncc1)C(=O)C1(C(=O)NCCc2ccccc2F)CC1. The lowest BCUT2D eigenvalue weighted by molar-refractivity contribution is -0.143. The summed E-state index contributed by atoms with van der Waals surface area (Å²) in [5.41, 5.74) is 0.717. The summed E-state index contributed by atoms with van der Waals surface area (Å²) in [5, 5.41) is 2.81. The van der Waals surface area contributed by atoms with E-state index in [0.717, 1.165) is 12.0 Å². The molecule has 142 valence electrons. The van der Waals surface area contributed by atoms with E-state index in [4.69, 9.17) is 0 Å². The summed E-state index contributed by atoms with van der Waals surface area (Å²) in [5.74, 6) is -0.667. The molecule has 1 aliphatic rings. The molecule has 1 saturated carbocycles. The average molecular weight is 369 g/mol. The van der Waals surface area contributed by atoms with E-state index in [9.17, 15) is 14.0 Å². The Kier molecular flexibility index (Phi) is 5.84. The monoisotopic (exact) mass is 369 g/mol. The molecule has 2 amide bonds. The predicted molar refractivity (Wildman–Crippen MR) is 100 cm³/mol. The second-order valence-corrected chi connectivity index (χ2v) is 7.01. The standard InChI is InChI=1S/C21H24FN3O2/c1-25(15-9-16-6-12-23-13-7-16)20(27)21(10-11-21)19(26)24-14-8-17-4-2-3-5-18(17)22/h2-7,12-13H,8-11,14-15H2,1H3,(H,24,26). The zero-order valence-electron chi connectivity index (χ0n) is 15.5. The van der Waals surface area contributed by atoms with Gasteiger partial charge in [-0.25, -0.2) is 4.39 Å². The van der Waals surface area contributed by atoms with Crippen molar-refractivity contribution < 1.29 is 14.0 Å². The summed E-state index contributed by atoms with van der Waals surface area (Å²) < 4.78 is 13.6. The number of nitrogens with zero attached hydrogens (tertiary/aromatic N) is 2. The second kappa shape index (κ2) is 8.29. The van der Waals surface area contributed by atoms with Gasteiger partial charge in [-0.15, -0.1) is 0 Å². The third-order valence-corrected chi connectivity index (χ3v) is 5.06. The predicted octanol–water partition coefficient (Wildman–Crippen LogP) is 2.36. The maximum Gasteiger partial charge on any atom is 0.238 e. The van der Waals surface area contributed by atoms with Gasteiger partial charge in [0.2, 0.25) is 11.8 Å². The lowest BCUT2D eigenvalue weighted by Crippen LogP contribution is -2.44. The lowest BCUT2D eigenvalue weighted by Gasteiger charge is -2.23. The van der Waals surface area contributed by atoms with Crippen molar-refractivity contribution in [3.05, 3.63) is 65.7 Å². The number of hydrogen-bond donors (Lipinski definition) is 1. The van der Waals surface area contributed by atoms with Crippen LogP contribution in [0, 0.1) is 11.2 Å². The van der Waals surface area contributed by atoms with Gasteiger partial charge in [-0.1, -0.05) is 18.2 Å². The van der Waals surface area contributed by atoms with Gasteiger partial charge in [0.1, 0.15) is 11.2 Å². The quantitative estimate of drug-likeness (QED) is 0.727. The third-order valence-electron chi connectivity index (χ3n) is 5.06. The molecule has 5 nitrogen and oxygen atoms in total.